The number of benzene rings is 1. The second-order valence-corrected chi connectivity index (χ2v) is 9.77. The number of esters is 2. The van der Waals surface area contributed by atoms with Crippen LogP contribution in [0.2, 0.25) is 0 Å². The summed E-state index contributed by atoms with van der Waals surface area (Å²) in [4.78, 5) is 21.9. The Morgan fingerprint density at radius 1 is 0.611 bits per heavy atom. The number of nitrogen functional groups attached to an aromatic ring is 1. The van der Waals surface area contributed by atoms with Gasteiger partial charge in [-0.05, 0) is 18.6 Å². The molecule has 0 aliphatic rings. The van der Waals surface area contributed by atoms with Gasteiger partial charge in [-0.15, -0.1) is 0 Å². The highest BCUT2D eigenvalue weighted by Gasteiger charge is 2.06. The molecule has 0 radical (unpaired) electrons. The summed E-state index contributed by atoms with van der Waals surface area (Å²) in [5.74, 6) is -0.463. The predicted molar refractivity (Wildman–Crippen MR) is 152 cm³/mol. The van der Waals surface area contributed by atoms with Crippen molar-refractivity contribution in [3.05, 3.63) is 29.8 Å². The van der Waals surface area contributed by atoms with Crippen LogP contribution < -0.4 is 5.73 Å². The first-order valence-corrected chi connectivity index (χ1v) is 14.6. The lowest BCUT2D eigenvalue weighted by atomic mass is 10.0. The van der Waals surface area contributed by atoms with Crippen molar-refractivity contribution in [1.82, 2.24) is 0 Å². The van der Waals surface area contributed by atoms with Gasteiger partial charge in [0.1, 0.15) is 0 Å². The van der Waals surface area contributed by atoms with E-state index in [2.05, 4.69) is 16.4 Å². The lowest BCUT2D eigenvalue weighted by Gasteiger charge is -2.04. The number of rotatable bonds is 21. The van der Waals surface area contributed by atoms with Gasteiger partial charge in [0.05, 0.1) is 19.8 Å². The first kappa shape index (κ1) is 34.0. The Bertz CT molecular complexity index is 647. The first-order valence-electron chi connectivity index (χ1n) is 14.6. The quantitative estimate of drug-likeness (QED) is 0.102. The molecule has 1 aromatic carbocycles. The highest BCUT2D eigenvalue weighted by molar-refractivity contribution is 5.94. The van der Waals surface area contributed by atoms with Crippen LogP contribution in [0, 0.1) is 0 Å². The van der Waals surface area contributed by atoms with Crippen LogP contribution in [0.1, 0.15) is 146 Å². The molecule has 36 heavy (non-hydrogen) atoms. The molecule has 5 heteroatoms. The number of anilines is 1. The van der Waals surface area contributed by atoms with E-state index in [1.54, 1.807) is 24.3 Å². The van der Waals surface area contributed by atoms with Crippen molar-refractivity contribution >= 4 is 17.6 Å². The van der Waals surface area contributed by atoms with Crippen LogP contribution in [0.15, 0.2) is 24.3 Å². The van der Waals surface area contributed by atoms with Crippen molar-refractivity contribution in [2.75, 3.05) is 20.0 Å². The van der Waals surface area contributed by atoms with Crippen LogP contribution in [0.25, 0.3) is 0 Å². The van der Waals surface area contributed by atoms with E-state index in [4.69, 9.17) is 5.73 Å². The van der Waals surface area contributed by atoms with E-state index in [1.165, 1.54) is 130 Å². The molecule has 0 atom stereocenters. The molecule has 2 N–H and O–H groups in total. The minimum Gasteiger partial charge on any atom is -0.469 e. The Labute approximate surface area is 221 Å². The molecule has 0 aliphatic carbocycles. The maximum absolute atomic E-state index is 11.0. The van der Waals surface area contributed by atoms with Crippen molar-refractivity contribution < 1.29 is 19.1 Å². The molecule has 0 heterocycles. The van der Waals surface area contributed by atoms with Gasteiger partial charge in [0.15, 0.2) is 0 Å². The Kier molecular flexibility index (Phi) is 24.6. The molecule has 0 unspecified atom stereocenters. The summed E-state index contributed by atoms with van der Waals surface area (Å²) >= 11 is 0. The normalized spacial score (nSPS) is 10.4. The maximum atomic E-state index is 11.0. The molecule has 0 bridgehead atoms. The van der Waals surface area contributed by atoms with Crippen LogP contribution in [-0.2, 0) is 14.3 Å². The Morgan fingerprint density at radius 3 is 1.36 bits per heavy atom. The summed E-state index contributed by atoms with van der Waals surface area (Å²) in [6.07, 6.45) is 26.9. The third-order valence-corrected chi connectivity index (χ3v) is 6.58. The molecule has 1 aromatic rings. The molecule has 0 aliphatic heterocycles. The van der Waals surface area contributed by atoms with Crippen LogP contribution in [0.3, 0.4) is 0 Å². The summed E-state index contributed by atoms with van der Waals surface area (Å²) in [6.45, 7) is 2.29. The zero-order valence-corrected chi connectivity index (χ0v) is 23.7. The number of nitrogens with two attached hydrogens (primary N) is 1. The van der Waals surface area contributed by atoms with Gasteiger partial charge in [-0.2, -0.15) is 0 Å². The van der Waals surface area contributed by atoms with Gasteiger partial charge >= 0.3 is 11.9 Å². The summed E-state index contributed by atoms with van der Waals surface area (Å²) in [5.41, 5.74) is 6.35. The molecule has 0 spiro atoms. The standard InChI is InChI=1S/C23H46O2.C8H9NO2/c1-3-4-5-6-7-8-9-10-11-12-13-14-15-16-17-18-19-20-21-22-23(24)25-2;1-11-8(10)6-4-2-3-5-7(6)9/h3-22H2,1-2H3;2-5H,9H2,1H3. The van der Waals surface area contributed by atoms with Crippen molar-refractivity contribution in [1.29, 1.82) is 0 Å². The van der Waals surface area contributed by atoms with E-state index in [-0.39, 0.29) is 5.97 Å². The van der Waals surface area contributed by atoms with Gasteiger partial charge in [0.25, 0.3) is 0 Å². The Hall–Kier alpha value is -2.04. The Morgan fingerprint density at radius 2 is 1.00 bits per heavy atom. The largest absolute Gasteiger partial charge is 0.469 e. The van der Waals surface area contributed by atoms with Crippen molar-refractivity contribution in [2.45, 2.75) is 135 Å². The number of methoxy groups -OCH3 is 2. The molecule has 0 fully saturated rings. The minimum atomic E-state index is -0.400. The fourth-order valence-electron chi connectivity index (χ4n) is 4.24. The van der Waals surface area contributed by atoms with E-state index in [1.807, 2.05) is 0 Å². The molecule has 0 saturated carbocycles. The Balaban J connectivity index is 0.000000918. The third kappa shape index (κ3) is 21.3. The lowest BCUT2D eigenvalue weighted by molar-refractivity contribution is -0.140. The summed E-state index contributed by atoms with van der Waals surface area (Å²) in [6, 6.07) is 6.79. The zero-order valence-electron chi connectivity index (χ0n) is 23.7. The molecule has 0 aromatic heterocycles. The average Bonchev–Trinajstić information content (AvgIpc) is 2.90. The van der Waals surface area contributed by atoms with E-state index in [9.17, 15) is 9.59 Å². The average molecular weight is 506 g/mol. The van der Waals surface area contributed by atoms with Crippen LogP contribution in [0.5, 0.6) is 0 Å². The van der Waals surface area contributed by atoms with Gasteiger partial charge in [-0.3, -0.25) is 4.79 Å². The molecular weight excluding hydrogens is 450 g/mol. The first-order chi connectivity index (χ1) is 17.6. The van der Waals surface area contributed by atoms with Gasteiger partial charge in [-0.25, -0.2) is 4.79 Å². The molecule has 0 saturated heterocycles. The second kappa shape index (κ2) is 26.0. The summed E-state index contributed by atoms with van der Waals surface area (Å²) < 4.78 is 9.15. The summed E-state index contributed by atoms with van der Waals surface area (Å²) in [7, 11) is 2.80. The van der Waals surface area contributed by atoms with E-state index in [0.29, 0.717) is 17.7 Å². The van der Waals surface area contributed by atoms with Gasteiger partial charge in [0, 0.05) is 12.1 Å². The van der Waals surface area contributed by atoms with Gasteiger partial charge < -0.3 is 15.2 Å². The highest BCUT2D eigenvalue weighted by atomic mass is 16.5. The smallest absolute Gasteiger partial charge is 0.339 e. The third-order valence-electron chi connectivity index (χ3n) is 6.58. The second-order valence-electron chi connectivity index (χ2n) is 9.77. The van der Waals surface area contributed by atoms with Crippen LogP contribution >= 0.6 is 0 Å². The van der Waals surface area contributed by atoms with Crippen LogP contribution in [0.4, 0.5) is 5.69 Å². The number of carbonyl (C=O) groups is 2. The minimum absolute atomic E-state index is 0.0630. The molecule has 208 valence electrons. The monoisotopic (exact) mass is 505 g/mol. The molecular formula is C31H55NO4. The van der Waals surface area contributed by atoms with Crippen molar-refractivity contribution in [2.24, 2.45) is 0 Å². The number of hydrogen-bond acceptors (Lipinski definition) is 5. The van der Waals surface area contributed by atoms with Crippen LogP contribution in [-0.4, -0.2) is 26.2 Å². The topological polar surface area (TPSA) is 78.6 Å². The number of unbranched alkanes of at least 4 members (excludes halogenated alkanes) is 18. The molecule has 1 rings (SSSR count). The number of carbonyl (C=O) groups excluding carboxylic acids is 2. The lowest BCUT2D eigenvalue weighted by Crippen LogP contribution is -2.04. The summed E-state index contributed by atoms with van der Waals surface area (Å²) in [5, 5.41) is 0. The van der Waals surface area contributed by atoms with Gasteiger partial charge in [0.2, 0.25) is 0 Å². The fraction of sp³-hybridized carbons (Fsp3) is 0.742. The molecule has 0 amide bonds. The number of para-hydroxylation sites is 1. The fourth-order valence-corrected chi connectivity index (χ4v) is 4.24. The van der Waals surface area contributed by atoms with E-state index >= 15 is 0 Å². The van der Waals surface area contributed by atoms with Crippen molar-refractivity contribution in [3.63, 3.8) is 0 Å². The SMILES string of the molecule is CCCCCCCCCCCCCCCCCCCCCC(=O)OC.COC(=O)c1ccccc1N. The van der Waals surface area contributed by atoms with Gasteiger partial charge in [-0.1, -0.05) is 135 Å². The number of hydrogen-bond donors (Lipinski definition) is 1. The number of ether oxygens (including phenoxy) is 2. The highest BCUT2D eigenvalue weighted by Crippen LogP contribution is 2.15. The predicted octanol–water partition coefficient (Wildman–Crippen LogP) is 9.04. The molecule has 5 nitrogen and oxygen atoms in total. The van der Waals surface area contributed by atoms with E-state index in [0.717, 1.165) is 6.42 Å². The van der Waals surface area contributed by atoms with Crippen molar-refractivity contribution in [3.8, 4) is 0 Å². The zero-order chi connectivity index (χ0) is 26.7. The van der Waals surface area contributed by atoms with E-state index < -0.39 is 5.97 Å². The maximum Gasteiger partial charge on any atom is 0.339 e.